The predicted octanol–water partition coefficient (Wildman–Crippen LogP) is 3.11. The van der Waals surface area contributed by atoms with Crippen molar-refractivity contribution in [3.05, 3.63) is 42.5 Å². The number of rotatable bonds is 2. The molecule has 0 aliphatic carbocycles. The highest BCUT2D eigenvalue weighted by Gasteiger charge is 1.94. The molecule has 0 aromatic heterocycles. The Labute approximate surface area is 82.7 Å². The molecule has 0 saturated carbocycles. The van der Waals surface area contributed by atoms with Crippen molar-refractivity contribution in [3.8, 4) is 5.75 Å². The lowest BCUT2D eigenvalue weighted by Crippen LogP contribution is -1.88. The molecule has 0 spiro atoms. The Hall–Kier alpha value is -1.15. The third-order valence-electron chi connectivity index (χ3n) is 1.95. The van der Waals surface area contributed by atoms with Gasteiger partial charge < -0.3 is 4.74 Å². The van der Waals surface area contributed by atoms with Crippen LogP contribution in [0.1, 0.15) is 0 Å². The van der Waals surface area contributed by atoms with Crippen LogP contribution >= 0.6 is 12.6 Å². The average molecular weight is 190 g/mol. The van der Waals surface area contributed by atoms with Gasteiger partial charge in [0.2, 0.25) is 0 Å². The largest absolute Gasteiger partial charge is 0.483 e. The van der Waals surface area contributed by atoms with Gasteiger partial charge in [-0.2, -0.15) is 0 Å². The summed E-state index contributed by atoms with van der Waals surface area (Å²) < 4.78 is 5.28. The van der Waals surface area contributed by atoms with Gasteiger partial charge in [-0.1, -0.05) is 30.3 Å². The molecule has 0 aliphatic heterocycles. The van der Waals surface area contributed by atoms with Crippen LogP contribution in [-0.4, -0.2) is 5.94 Å². The molecular weight excluding hydrogens is 180 g/mol. The third kappa shape index (κ3) is 1.78. The Morgan fingerprint density at radius 1 is 1.00 bits per heavy atom. The summed E-state index contributed by atoms with van der Waals surface area (Å²) in [6, 6.07) is 14.2. The molecule has 0 N–H and O–H groups in total. The topological polar surface area (TPSA) is 9.23 Å². The zero-order chi connectivity index (χ0) is 9.10. The van der Waals surface area contributed by atoms with Crippen molar-refractivity contribution in [1.29, 1.82) is 0 Å². The van der Waals surface area contributed by atoms with E-state index in [1.54, 1.807) is 0 Å². The quantitative estimate of drug-likeness (QED) is 0.565. The molecule has 0 unspecified atom stereocenters. The van der Waals surface area contributed by atoms with Crippen LogP contribution in [0.3, 0.4) is 0 Å². The van der Waals surface area contributed by atoms with Gasteiger partial charge in [-0.25, -0.2) is 0 Å². The van der Waals surface area contributed by atoms with E-state index >= 15 is 0 Å². The summed E-state index contributed by atoms with van der Waals surface area (Å²) in [6.07, 6.45) is 0. The zero-order valence-electron chi connectivity index (χ0n) is 7.10. The van der Waals surface area contributed by atoms with Gasteiger partial charge in [0.25, 0.3) is 0 Å². The summed E-state index contributed by atoms with van der Waals surface area (Å²) >= 11 is 4.00. The molecule has 0 fully saturated rings. The molecule has 2 aromatic carbocycles. The van der Waals surface area contributed by atoms with Crippen LogP contribution in [0.5, 0.6) is 5.75 Å². The Balaban J connectivity index is 2.49. The molecule has 1 nitrogen and oxygen atoms in total. The van der Waals surface area contributed by atoms with E-state index in [1.807, 2.05) is 30.3 Å². The van der Waals surface area contributed by atoms with Crippen molar-refractivity contribution in [2.24, 2.45) is 0 Å². The number of fused-ring (bicyclic) bond motifs is 1. The maximum atomic E-state index is 5.28. The van der Waals surface area contributed by atoms with Crippen molar-refractivity contribution in [3.63, 3.8) is 0 Å². The molecule has 2 rings (SSSR count). The van der Waals surface area contributed by atoms with E-state index in [0.717, 1.165) is 5.75 Å². The molecule has 2 aromatic rings. The summed E-state index contributed by atoms with van der Waals surface area (Å²) in [5.41, 5.74) is 0. The first kappa shape index (κ1) is 8.45. The second-order valence-electron chi connectivity index (χ2n) is 2.78. The minimum atomic E-state index is 0.415. The monoisotopic (exact) mass is 190 g/mol. The fourth-order valence-corrected chi connectivity index (χ4v) is 1.48. The summed E-state index contributed by atoms with van der Waals surface area (Å²) in [7, 11) is 0. The first-order valence-electron chi connectivity index (χ1n) is 4.12. The van der Waals surface area contributed by atoms with Crippen molar-refractivity contribution in [1.82, 2.24) is 0 Å². The highest BCUT2D eigenvalue weighted by molar-refractivity contribution is 7.80. The molecule has 0 aliphatic rings. The fourth-order valence-electron chi connectivity index (χ4n) is 1.33. The van der Waals surface area contributed by atoms with Crippen LogP contribution in [0.4, 0.5) is 0 Å². The van der Waals surface area contributed by atoms with E-state index < -0.39 is 0 Å². The Morgan fingerprint density at radius 3 is 2.54 bits per heavy atom. The van der Waals surface area contributed by atoms with Gasteiger partial charge in [-0.05, 0) is 22.9 Å². The number of thiol groups is 1. The minimum Gasteiger partial charge on any atom is -0.483 e. The molecule has 0 radical (unpaired) electrons. The van der Waals surface area contributed by atoms with Crippen molar-refractivity contribution >= 4 is 23.4 Å². The predicted molar refractivity (Wildman–Crippen MR) is 58.4 cm³/mol. The van der Waals surface area contributed by atoms with Crippen LogP contribution in [0.15, 0.2) is 42.5 Å². The molecule has 0 atom stereocenters. The Kier molecular flexibility index (Phi) is 2.41. The lowest BCUT2D eigenvalue weighted by atomic mass is 10.1. The fraction of sp³-hybridized carbons (Fsp3) is 0.0909. The molecule has 0 heterocycles. The smallest absolute Gasteiger partial charge is 0.131 e. The van der Waals surface area contributed by atoms with Crippen LogP contribution in [0, 0.1) is 0 Å². The molecule has 0 saturated heterocycles. The molecule has 66 valence electrons. The van der Waals surface area contributed by atoms with E-state index in [0.29, 0.717) is 5.94 Å². The minimum absolute atomic E-state index is 0.415. The summed E-state index contributed by atoms with van der Waals surface area (Å²) in [5.74, 6) is 1.28. The molecular formula is C11H10OS. The number of ether oxygens (including phenoxy) is 1. The van der Waals surface area contributed by atoms with E-state index in [4.69, 9.17) is 4.74 Å². The van der Waals surface area contributed by atoms with Crippen LogP contribution in [-0.2, 0) is 0 Å². The number of hydrogen-bond acceptors (Lipinski definition) is 2. The summed E-state index contributed by atoms with van der Waals surface area (Å²) in [6.45, 7) is 0. The van der Waals surface area contributed by atoms with E-state index in [9.17, 15) is 0 Å². The molecule has 2 heteroatoms. The first-order valence-corrected chi connectivity index (χ1v) is 4.76. The normalized spacial score (nSPS) is 10.2. The van der Waals surface area contributed by atoms with Crippen molar-refractivity contribution in [2.75, 3.05) is 5.94 Å². The number of hydrogen-bond donors (Lipinski definition) is 1. The molecule has 0 bridgehead atoms. The van der Waals surface area contributed by atoms with E-state index in [2.05, 4.69) is 24.8 Å². The van der Waals surface area contributed by atoms with Gasteiger partial charge in [0.15, 0.2) is 0 Å². The maximum absolute atomic E-state index is 5.28. The summed E-state index contributed by atoms with van der Waals surface area (Å²) in [5, 5.41) is 2.43. The highest BCUT2D eigenvalue weighted by Crippen LogP contribution is 2.20. The molecule has 0 amide bonds. The van der Waals surface area contributed by atoms with Crippen LogP contribution in [0.2, 0.25) is 0 Å². The standard InChI is InChI=1S/C11H10OS/c13-8-12-11-6-5-9-3-1-2-4-10(9)7-11/h1-7,13H,8H2. The summed E-state index contributed by atoms with van der Waals surface area (Å²) in [4.78, 5) is 0. The lowest BCUT2D eigenvalue weighted by molar-refractivity contribution is 0.395. The highest BCUT2D eigenvalue weighted by atomic mass is 32.1. The van der Waals surface area contributed by atoms with Crippen molar-refractivity contribution < 1.29 is 4.74 Å². The van der Waals surface area contributed by atoms with Gasteiger partial charge in [0.05, 0.1) is 0 Å². The Morgan fingerprint density at radius 2 is 1.77 bits per heavy atom. The number of benzene rings is 2. The lowest BCUT2D eigenvalue weighted by Gasteiger charge is -2.03. The van der Waals surface area contributed by atoms with Gasteiger partial charge in [0, 0.05) is 0 Å². The third-order valence-corrected chi connectivity index (χ3v) is 2.08. The van der Waals surface area contributed by atoms with Gasteiger partial charge >= 0.3 is 0 Å². The van der Waals surface area contributed by atoms with Gasteiger partial charge in [-0.3, -0.25) is 0 Å². The van der Waals surface area contributed by atoms with Gasteiger partial charge in [-0.15, -0.1) is 12.6 Å². The van der Waals surface area contributed by atoms with Gasteiger partial charge in [0.1, 0.15) is 11.7 Å². The average Bonchev–Trinajstić information content (AvgIpc) is 2.18. The van der Waals surface area contributed by atoms with Crippen LogP contribution in [0.25, 0.3) is 10.8 Å². The Bertz CT molecular complexity index is 412. The van der Waals surface area contributed by atoms with Crippen LogP contribution < -0.4 is 4.74 Å². The maximum Gasteiger partial charge on any atom is 0.131 e. The zero-order valence-corrected chi connectivity index (χ0v) is 8.00. The van der Waals surface area contributed by atoms with Crippen molar-refractivity contribution in [2.45, 2.75) is 0 Å². The van der Waals surface area contributed by atoms with E-state index in [-0.39, 0.29) is 0 Å². The first-order chi connectivity index (χ1) is 6.40. The second-order valence-corrected chi connectivity index (χ2v) is 3.04. The van der Waals surface area contributed by atoms with E-state index in [1.165, 1.54) is 10.8 Å². The molecule has 13 heavy (non-hydrogen) atoms. The second kappa shape index (κ2) is 3.71. The SMILES string of the molecule is SCOc1ccc2ccccc2c1.